The van der Waals surface area contributed by atoms with Crippen LogP contribution in [-0.4, -0.2) is 19.3 Å². The molecule has 1 heterocycles. The first-order chi connectivity index (χ1) is 9.13. The summed E-state index contributed by atoms with van der Waals surface area (Å²) >= 11 is 0. The highest BCUT2D eigenvalue weighted by molar-refractivity contribution is 5.40. The minimum atomic E-state index is 0.328. The summed E-state index contributed by atoms with van der Waals surface area (Å²) in [4.78, 5) is 0. The van der Waals surface area contributed by atoms with Crippen LogP contribution in [-0.2, 0) is 4.74 Å². The third-order valence-electron chi connectivity index (χ3n) is 4.06. The Morgan fingerprint density at radius 3 is 2.42 bits per heavy atom. The molecular weight excluding hydrogens is 234 g/mol. The zero-order chi connectivity index (χ0) is 13.8. The molecule has 2 atom stereocenters. The van der Waals surface area contributed by atoms with E-state index >= 15 is 0 Å². The Bertz CT molecular complexity index is 398. The monoisotopic (exact) mass is 261 g/mol. The molecule has 2 rings (SSSR count). The lowest BCUT2D eigenvalue weighted by molar-refractivity contribution is -0.00812. The summed E-state index contributed by atoms with van der Waals surface area (Å²) in [5, 5.41) is 3.64. The lowest BCUT2D eigenvalue weighted by atomic mass is 9.88. The first-order valence-corrected chi connectivity index (χ1v) is 7.56. The minimum absolute atomic E-state index is 0.328. The molecule has 1 aliphatic heterocycles. The predicted octanol–water partition coefficient (Wildman–Crippen LogP) is 3.83. The molecule has 1 N–H and O–H groups in total. The molecule has 0 radical (unpaired) electrons. The van der Waals surface area contributed by atoms with Gasteiger partial charge < -0.3 is 10.1 Å². The van der Waals surface area contributed by atoms with Crippen molar-refractivity contribution in [2.75, 3.05) is 13.2 Å². The summed E-state index contributed by atoms with van der Waals surface area (Å²) in [6.45, 7) is 10.7. The molecule has 1 aliphatic rings. The van der Waals surface area contributed by atoms with Crippen LogP contribution >= 0.6 is 0 Å². The molecule has 0 bridgehead atoms. The third kappa shape index (κ3) is 3.37. The number of likely N-dealkylation sites (N-methyl/N-ethyl adjacent to an activating group) is 1. The fourth-order valence-electron chi connectivity index (χ4n) is 3.35. The van der Waals surface area contributed by atoms with Crippen LogP contribution in [0.4, 0.5) is 0 Å². The Morgan fingerprint density at radius 1 is 1.21 bits per heavy atom. The van der Waals surface area contributed by atoms with Crippen molar-refractivity contribution in [2.24, 2.45) is 0 Å². The standard InChI is InChI=1S/C17H27NO/c1-5-18-17(15-8-6-7-9-19-15)16-13(3)10-12(2)11-14(16)4/h10-11,15,17-18H,5-9H2,1-4H3. The maximum absolute atomic E-state index is 6.02. The summed E-state index contributed by atoms with van der Waals surface area (Å²) in [7, 11) is 0. The molecule has 19 heavy (non-hydrogen) atoms. The fourth-order valence-corrected chi connectivity index (χ4v) is 3.35. The van der Waals surface area contributed by atoms with Crippen molar-refractivity contribution >= 4 is 0 Å². The van der Waals surface area contributed by atoms with Crippen LogP contribution in [0.3, 0.4) is 0 Å². The van der Waals surface area contributed by atoms with E-state index in [1.807, 2.05) is 0 Å². The van der Waals surface area contributed by atoms with Crippen molar-refractivity contribution in [3.63, 3.8) is 0 Å². The first-order valence-electron chi connectivity index (χ1n) is 7.56. The smallest absolute Gasteiger partial charge is 0.0769 e. The molecule has 0 aromatic heterocycles. The average Bonchev–Trinajstić information content (AvgIpc) is 2.37. The SMILES string of the molecule is CCNC(c1c(C)cc(C)cc1C)C1CCCCO1. The molecular formula is C17H27NO. The maximum atomic E-state index is 6.02. The van der Waals surface area contributed by atoms with Crippen molar-refractivity contribution < 1.29 is 4.74 Å². The van der Waals surface area contributed by atoms with Gasteiger partial charge in [0, 0.05) is 6.61 Å². The second kappa shape index (κ2) is 6.53. The quantitative estimate of drug-likeness (QED) is 0.889. The number of nitrogens with one attached hydrogen (secondary N) is 1. The van der Waals surface area contributed by atoms with Gasteiger partial charge in [-0.25, -0.2) is 0 Å². The van der Waals surface area contributed by atoms with Crippen LogP contribution in [0.2, 0.25) is 0 Å². The Hall–Kier alpha value is -0.860. The Labute approximate surface area is 117 Å². The van der Waals surface area contributed by atoms with E-state index < -0.39 is 0 Å². The molecule has 1 aromatic rings. The van der Waals surface area contributed by atoms with E-state index in [2.05, 4.69) is 45.1 Å². The van der Waals surface area contributed by atoms with E-state index in [9.17, 15) is 0 Å². The largest absolute Gasteiger partial charge is 0.376 e. The number of aryl methyl sites for hydroxylation is 3. The number of hydrogen-bond donors (Lipinski definition) is 1. The van der Waals surface area contributed by atoms with Gasteiger partial charge in [-0.15, -0.1) is 0 Å². The molecule has 1 fully saturated rings. The number of benzene rings is 1. The molecule has 0 saturated carbocycles. The van der Waals surface area contributed by atoms with E-state index in [0.29, 0.717) is 12.1 Å². The van der Waals surface area contributed by atoms with Crippen LogP contribution in [0.1, 0.15) is 54.5 Å². The van der Waals surface area contributed by atoms with Crippen molar-refractivity contribution in [3.8, 4) is 0 Å². The highest BCUT2D eigenvalue weighted by Gasteiger charge is 2.27. The summed E-state index contributed by atoms with van der Waals surface area (Å²) in [6, 6.07) is 4.91. The van der Waals surface area contributed by atoms with Gasteiger partial charge >= 0.3 is 0 Å². The molecule has 0 amide bonds. The van der Waals surface area contributed by atoms with Gasteiger partial charge in [-0.1, -0.05) is 24.6 Å². The zero-order valence-corrected chi connectivity index (χ0v) is 12.8. The summed E-state index contributed by atoms with van der Waals surface area (Å²) in [5.41, 5.74) is 5.56. The van der Waals surface area contributed by atoms with E-state index in [4.69, 9.17) is 4.74 Å². The molecule has 1 saturated heterocycles. The zero-order valence-electron chi connectivity index (χ0n) is 12.8. The van der Waals surface area contributed by atoms with Gasteiger partial charge in [0.2, 0.25) is 0 Å². The summed E-state index contributed by atoms with van der Waals surface area (Å²) < 4.78 is 6.02. The van der Waals surface area contributed by atoms with Crippen molar-refractivity contribution in [2.45, 2.75) is 59.1 Å². The molecule has 2 heteroatoms. The molecule has 0 spiro atoms. The first kappa shape index (κ1) is 14.5. The van der Waals surface area contributed by atoms with E-state index in [0.717, 1.165) is 13.2 Å². The Balaban J connectivity index is 2.32. The van der Waals surface area contributed by atoms with Crippen LogP contribution < -0.4 is 5.32 Å². The van der Waals surface area contributed by atoms with Gasteiger partial charge in [0.15, 0.2) is 0 Å². The van der Waals surface area contributed by atoms with Gasteiger partial charge in [0.1, 0.15) is 0 Å². The van der Waals surface area contributed by atoms with E-state index in [-0.39, 0.29) is 0 Å². The van der Waals surface area contributed by atoms with Gasteiger partial charge in [-0.3, -0.25) is 0 Å². The van der Waals surface area contributed by atoms with Crippen LogP contribution in [0.5, 0.6) is 0 Å². The number of hydrogen-bond acceptors (Lipinski definition) is 2. The van der Waals surface area contributed by atoms with Crippen LogP contribution in [0, 0.1) is 20.8 Å². The minimum Gasteiger partial charge on any atom is -0.376 e. The third-order valence-corrected chi connectivity index (χ3v) is 4.06. The number of ether oxygens (including phenoxy) is 1. The van der Waals surface area contributed by atoms with Crippen molar-refractivity contribution in [1.29, 1.82) is 0 Å². The molecule has 0 aliphatic carbocycles. The van der Waals surface area contributed by atoms with Crippen LogP contribution in [0.15, 0.2) is 12.1 Å². The Kier molecular flexibility index (Phi) is 5.00. The lowest BCUT2D eigenvalue weighted by Crippen LogP contribution is -2.36. The van der Waals surface area contributed by atoms with E-state index in [1.54, 1.807) is 0 Å². The van der Waals surface area contributed by atoms with Gasteiger partial charge in [0.05, 0.1) is 12.1 Å². The molecule has 1 aromatic carbocycles. The fraction of sp³-hybridized carbons (Fsp3) is 0.647. The topological polar surface area (TPSA) is 21.3 Å². The highest BCUT2D eigenvalue weighted by Crippen LogP contribution is 2.31. The summed E-state index contributed by atoms with van der Waals surface area (Å²) in [5.74, 6) is 0. The highest BCUT2D eigenvalue weighted by atomic mass is 16.5. The van der Waals surface area contributed by atoms with Crippen molar-refractivity contribution in [3.05, 3.63) is 34.4 Å². The van der Waals surface area contributed by atoms with E-state index in [1.165, 1.54) is 41.5 Å². The number of rotatable bonds is 4. The van der Waals surface area contributed by atoms with Gasteiger partial charge in [0.25, 0.3) is 0 Å². The maximum Gasteiger partial charge on any atom is 0.0769 e. The van der Waals surface area contributed by atoms with Gasteiger partial charge in [-0.2, -0.15) is 0 Å². The molecule has 2 unspecified atom stereocenters. The summed E-state index contributed by atoms with van der Waals surface area (Å²) in [6.07, 6.45) is 4.00. The molecule has 106 valence electrons. The Morgan fingerprint density at radius 2 is 1.89 bits per heavy atom. The molecule has 2 nitrogen and oxygen atoms in total. The average molecular weight is 261 g/mol. The second-order valence-corrected chi connectivity index (χ2v) is 5.75. The lowest BCUT2D eigenvalue weighted by Gasteiger charge is -2.33. The van der Waals surface area contributed by atoms with Gasteiger partial charge in [-0.05, 0) is 63.3 Å². The van der Waals surface area contributed by atoms with Crippen molar-refractivity contribution in [1.82, 2.24) is 5.32 Å². The predicted molar refractivity (Wildman–Crippen MR) is 80.7 cm³/mol. The van der Waals surface area contributed by atoms with Crippen LogP contribution in [0.25, 0.3) is 0 Å². The second-order valence-electron chi connectivity index (χ2n) is 5.75. The normalized spacial score (nSPS) is 21.4.